The predicted molar refractivity (Wildman–Crippen MR) is 77.7 cm³/mol. The molecule has 0 atom stereocenters. The third kappa shape index (κ3) is 3.64. The van der Waals surface area contributed by atoms with Gasteiger partial charge in [0.25, 0.3) is 0 Å². The second-order valence-corrected chi connectivity index (χ2v) is 4.90. The first-order valence-corrected chi connectivity index (χ1v) is 6.58. The number of pyridine rings is 1. The summed E-state index contributed by atoms with van der Waals surface area (Å²) >= 11 is 3.27. The molecule has 2 rings (SSSR count). The molecule has 6 heteroatoms. The lowest BCUT2D eigenvalue weighted by atomic mass is 10.2. The molecule has 102 valence electrons. The zero-order valence-corrected chi connectivity index (χ0v) is 11.9. The molecule has 2 aromatic rings. The van der Waals surface area contributed by atoms with E-state index in [1.54, 1.807) is 30.5 Å². The van der Waals surface area contributed by atoms with E-state index in [0.717, 1.165) is 0 Å². The minimum Gasteiger partial charge on any atom is -0.478 e. The van der Waals surface area contributed by atoms with Crippen LogP contribution in [0.3, 0.4) is 0 Å². The van der Waals surface area contributed by atoms with E-state index in [4.69, 9.17) is 5.11 Å². The number of rotatable bonds is 4. The fourth-order valence-corrected chi connectivity index (χ4v) is 1.96. The summed E-state index contributed by atoms with van der Waals surface area (Å²) in [4.78, 5) is 26.9. The molecule has 0 aliphatic heterocycles. The number of carboxylic acids is 1. The summed E-state index contributed by atoms with van der Waals surface area (Å²) in [5.41, 5.74) is 1.18. The molecule has 0 fully saturated rings. The van der Waals surface area contributed by atoms with Gasteiger partial charge >= 0.3 is 5.97 Å². The minimum atomic E-state index is -1.04. The molecule has 1 aromatic heterocycles. The van der Waals surface area contributed by atoms with Crippen LogP contribution in [0.15, 0.2) is 47.1 Å². The molecule has 1 aromatic carbocycles. The molecule has 1 heterocycles. The summed E-state index contributed by atoms with van der Waals surface area (Å²) in [7, 11) is 0. The van der Waals surface area contributed by atoms with E-state index in [2.05, 4.69) is 26.2 Å². The lowest BCUT2D eigenvalue weighted by Crippen LogP contribution is -2.15. The number of amides is 1. The monoisotopic (exact) mass is 334 g/mol. The van der Waals surface area contributed by atoms with Gasteiger partial charge in [-0.1, -0.05) is 6.07 Å². The maximum absolute atomic E-state index is 11.9. The van der Waals surface area contributed by atoms with Crippen molar-refractivity contribution in [3.63, 3.8) is 0 Å². The molecule has 0 unspecified atom stereocenters. The van der Waals surface area contributed by atoms with Crippen LogP contribution in [0, 0.1) is 0 Å². The quantitative estimate of drug-likeness (QED) is 0.900. The van der Waals surface area contributed by atoms with E-state index in [1.165, 1.54) is 12.1 Å². The standard InChI is InChI=1S/C14H11BrN2O3/c15-11-5-4-9(14(19)20)7-12(11)17-13(18)8-10-3-1-2-6-16-10/h1-7H,8H2,(H,17,18)(H,19,20). The number of hydrogen-bond acceptors (Lipinski definition) is 3. The first kappa shape index (κ1) is 14.2. The summed E-state index contributed by atoms with van der Waals surface area (Å²) < 4.78 is 0.622. The summed E-state index contributed by atoms with van der Waals surface area (Å²) in [5.74, 6) is -1.30. The molecule has 0 aliphatic carbocycles. The van der Waals surface area contributed by atoms with Crippen molar-refractivity contribution in [1.29, 1.82) is 0 Å². The second kappa shape index (κ2) is 6.29. The number of nitrogens with one attached hydrogen (secondary N) is 1. The summed E-state index contributed by atoms with van der Waals surface area (Å²) in [6.45, 7) is 0. The molecule has 2 N–H and O–H groups in total. The number of hydrogen-bond donors (Lipinski definition) is 2. The number of halogens is 1. The Bertz CT molecular complexity index is 644. The largest absolute Gasteiger partial charge is 0.478 e. The summed E-state index contributed by atoms with van der Waals surface area (Å²) in [6.07, 6.45) is 1.74. The van der Waals surface area contributed by atoms with E-state index in [-0.39, 0.29) is 17.9 Å². The number of aromatic nitrogens is 1. The number of aromatic carboxylic acids is 1. The van der Waals surface area contributed by atoms with Crippen LogP contribution in [0.2, 0.25) is 0 Å². The van der Waals surface area contributed by atoms with Crippen LogP contribution in [-0.4, -0.2) is 22.0 Å². The highest BCUT2D eigenvalue weighted by atomic mass is 79.9. The van der Waals surface area contributed by atoms with Crippen LogP contribution in [0.25, 0.3) is 0 Å². The van der Waals surface area contributed by atoms with Crippen molar-refractivity contribution in [3.8, 4) is 0 Å². The fourth-order valence-electron chi connectivity index (χ4n) is 1.62. The Morgan fingerprint density at radius 2 is 2.05 bits per heavy atom. The van der Waals surface area contributed by atoms with Gasteiger partial charge in [-0.25, -0.2) is 4.79 Å². The smallest absolute Gasteiger partial charge is 0.335 e. The van der Waals surface area contributed by atoms with E-state index < -0.39 is 5.97 Å². The molecule has 0 bridgehead atoms. The van der Waals surface area contributed by atoms with E-state index >= 15 is 0 Å². The van der Waals surface area contributed by atoms with Gasteiger partial charge in [-0.3, -0.25) is 9.78 Å². The van der Waals surface area contributed by atoms with E-state index in [1.807, 2.05) is 0 Å². The second-order valence-electron chi connectivity index (χ2n) is 4.05. The van der Waals surface area contributed by atoms with Gasteiger partial charge < -0.3 is 10.4 Å². The molecule has 20 heavy (non-hydrogen) atoms. The molecular weight excluding hydrogens is 324 g/mol. The van der Waals surface area contributed by atoms with Crippen molar-refractivity contribution in [2.75, 3.05) is 5.32 Å². The topological polar surface area (TPSA) is 79.3 Å². The Balaban J connectivity index is 2.11. The Kier molecular flexibility index (Phi) is 4.47. The maximum atomic E-state index is 11.9. The molecule has 0 saturated heterocycles. The predicted octanol–water partition coefficient (Wildman–Crippen LogP) is 2.72. The Labute approximate surface area is 123 Å². The number of anilines is 1. The first-order chi connectivity index (χ1) is 9.56. The van der Waals surface area contributed by atoms with Crippen LogP contribution >= 0.6 is 15.9 Å². The summed E-state index contributed by atoms with van der Waals surface area (Å²) in [6, 6.07) is 9.77. The number of carbonyl (C=O) groups is 2. The Morgan fingerprint density at radius 1 is 1.25 bits per heavy atom. The van der Waals surface area contributed by atoms with Crippen molar-refractivity contribution in [2.45, 2.75) is 6.42 Å². The Morgan fingerprint density at radius 3 is 2.70 bits per heavy atom. The van der Waals surface area contributed by atoms with Crippen molar-refractivity contribution >= 4 is 33.5 Å². The van der Waals surface area contributed by atoms with Gasteiger partial charge in [0.05, 0.1) is 17.7 Å². The third-order valence-electron chi connectivity index (χ3n) is 2.56. The van der Waals surface area contributed by atoms with Gasteiger partial charge in [0, 0.05) is 16.4 Å². The van der Waals surface area contributed by atoms with Crippen LogP contribution in [-0.2, 0) is 11.2 Å². The van der Waals surface area contributed by atoms with Gasteiger partial charge in [-0.15, -0.1) is 0 Å². The first-order valence-electron chi connectivity index (χ1n) is 5.79. The van der Waals surface area contributed by atoms with Crippen molar-refractivity contribution in [1.82, 2.24) is 4.98 Å². The van der Waals surface area contributed by atoms with Crippen molar-refractivity contribution in [3.05, 3.63) is 58.3 Å². The van der Waals surface area contributed by atoms with Crippen LogP contribution in [0.5, 0.6) is 0 Å². The minimum absolute atomic E-state index is 0.112. The maximum Gasteiger partial charge on any atom is 0.335 e. The van der Waals surface area contributed by atoms with E-state index in [9.17, 15) is 9.59 Å². The lowest BCUT2D eigenvalue weighted by molar-refractivity contribution is -0.115. The van der Waals surface area contributed by atoms with Crippen LogP contribution < -0.4 is 5.32 Å². The van der Waals surface area contributed by atoms with Crippen molar-refractivity contribution < 1.29 is 14.7 Å². The highest BCUT2D eigenvalue weighted by Crippen LogP contribution is 2.23. The fraction of sp³-hybridized carbons (Fsp3) is 0.0714. The van der Waals surface area contributed by atoms with Gasteiger partial charge in [-0.05, 0) is 46.3 Å². The van der Waals surface area contributed by atoms with Gasteiger partial charge in [-0.2, -0.15) is 0 Å². The van der Waals surface area contributed by atoms with Crippen LogP contribution in [0.1, 0.15) is 16.1 Å². The van der Waals surface area contributed by atoms with Crippen molar-refractivity contribution in [2.24, 2.45) is 0 Å². The normalized spacial score (nSPS) is 10.1. The molecular formula is C14H11BrN2O3. The molecule has 0 aliphatic rings. The zero-order chi connectivity index (χ0) is 14.5. The highest BCUT2D eigenvalue weighted by molar-refractivity contribution is 9.10. The van der Waals surface area contributed by atoms with Crippen LogP contribution in [0.4, 0.5) is 5.69 Å². The highest BCUT2D eigenvalue weighted by Gasteiger charge is 2.10. The van der Waals surface area contributed by atoms with Gasteiger partial charge in [0.2, 0.25) is 5.91 Å². The molecule has 0 spiro atoms. The summed E-state index contributed by atoms with van der Waals surface area (Å²) in [5, 5.41) is 11.6. The average molecular weight is 335 g/mol. The molecule has 0 saturated carbocycles. The number of benzene rings is 1. The molecule has 5 nitrogen and oxygen atoms in total. The third-order valence-corrected chi connectivity index (χ3v) is 3.25. The van der Waals surface area contributed by atoms with Gasteiger partial charge in [0.1, 0.15) is 0 Å². The lowest BCUT2D eigenvalue weighted by Gasteiger charge is -2.08. The number of nitrogens with zero attached hydrogens (tertiary/aromatic N) is 1. The number of carboxylic acid groups (broad SMARTS) is 1. The zero-order valence-electron chi connectivity index (χ0n) is 10.3. The molecule has 1 amide bonds. The number of carbonyl (C=O) groups excluding carboxylic acids is 1. The average Bonchev–Trinajstić information content (AvgIpc) is 2.42. The SMILES string of the molecule is O=C(Cc1ccccn1)Nc1cc(C(=O)O)ccc1Br. The molecule has 0 radical (unpaired) electrons. The van der Waals surface area contributed by atoms with E-state index in [0.29, 0.717) is 15.9 Å². The van der Waals surface area contributed by atoms with Gasteiger partial charge in [0.15, 0.2) is 0 Å². The Hall–Kier alpha value is -2.21.